The first-order valence-corrected chi connectivity index (χ1v) is 7.00. The third-order valence-electron chi connectivity index (χ3n) is 3.79. The average Bonchev–Trinajstić information content (AvgIpc) is 3.21. The van der Waals surface area contributed by atoms with Gasteiger partial charge < -0.3 is 15.0 Å². The summed E-state index contributed by atoms with van der Waals surface area (Å²) in [6, 6.07) is 5.73. The van der Waals surface area contributed by atoms with Crippen LogP contribution in [0.2, 0.25) is 0 Å². The lowest BCUT2D eigenvalue weighted by molar-refractivity contribution is -0.117. The van der Waals surface area contributed by atoms with Gasteiger partial charge in [0, 0.05) is 11.6 Å². The van der Waals surface area contributed by atoms with E-state index in [1.54, 1.807) is 0 Å². The van der Waals surface area contributed by atoms with Crippen molar-refractivity contribution in [1.82, 2.24) is 9.55 Å². The number of imidazole rings is 1. The van der Waals surface area contributed by atoms with Crippen LogP contribution in [0.3, 0.4) is 0 Å². The van der Waals surface area contributed by atoms with Crippen LogP contribution < -0.4 is 5.32 Å². The van der Waals surface area contributed by atoms with Gasteiger partial charge in [0.15, 0.2) is 0 Å². The van der Waals surface area contributed by atoms with Crippen LogP contribution >= 0.6 is 0 Å². The molecule has 106 valence electrons. The van der Waals surface area contributed by atoms with Crippen molar-refractivity contribution < 1.29 is 9.90 Å². The molecule has 1 aromatic carbocycles. The van der Waals surface area contributed by atoms with E-state index in [1.165, 1.54) is 0 Å². The molecule has 2 aromatic rings. The fraction of sp³-hybridized carbons (Fsp3) is 0.467. The van der Waals surface area contributed by atoms with Gasteiger partial charge in [-0.2, -0.15) is 0 Å². The lowest BCUT2D eigenvalue weighted by Crippen LogP contribution is -2.13. The molecule has 1 atom stereocenters. The Labute approximate surface area is 117 Å². The van der Waals surface area contributed by atoms with Crippen LogP contribution in [0.1, 0.15) is 31.6 Å². The molecule has 1 aliphatic rings. The van der Waals surface area contributed by atoms with Crippen molar-refractivity contribution in [3.63, 3.8) is 0 Å². The highest BCUT2D eigenvalue weighted by Crippen LogP contribution is 2.31. The first kappa shape index (κ1) is 13.1. The van der Waals surface area contributed by atoms with Crippen molar-refractivity contribution in [2.75, 3.05) is 11.9 Å². The van der Waals surface area contributed by atoms with E-state index in [1.807, 2.05) is 36.6 Å². The quantitative estimate of drug-likeness (QED) is 0.897. The number of benzene rings is 1. The number of nitrogens with one attached hydrogen (secondary N) is 1. The number of anilines is 1. The minimum Gasteiger partial charge on any atom is -0.394 e. The molecule has 3 rings (SSSR count). The van der Waals surface area contributed by atoms with Crippen molar-refractivity contribution >= 4 is 22.6 Å². The van der Waals surface area contributed by atoms with Gasteiger partial charge in [0.05, 0.1) is 23.7 Å². The normalized spacial score (nSPS) is 16.4. The number of aliphatic hydroxyl groups is 1. The molecule has 1 unspecified atom stereocenters. The first-order chi connectivity index (χ1) is 9.60. The van der Waals surface area contributed by atoms with Crippen molar-refractivity contribution in [2.45, 2.75) is 32.7 Å². The van der Waals surface area contributed by atoms with Gasteiger partial charge in [-0.05, 0) is 44.9 Å². The number of carbonyl (C=O) groups is 1. The predicted octanol–water partition coefficient (Wildman–Crippen LogP) is 2.25. The number of hydrogen-bond donors (Lipinski definition) is 2. The number of aliphatic hydroxyl groups excluding tert-OH is 1. The molecule has 1 aliphatic carbocycles. The number of rotatable bonds is 4. The Bertz CT molecular complexity index is 658. The number of nitrogens with zero attached hydrogens (tertiary/aromatic N) is 2. The molecule has 0 radical (unpaired) electrons. The predicted molar refractivity (Wildman–Crippen MR) is 77.6 cm³/mol. The second kappa shape index (κ2) is 4.90. The maximum atomic E-state index is 11.8. The third kappa shape index (κ3) is 2.29. The van der Waals surface area contributed by atoms with Gasteiger partial charge in [-0.3, -0.25) is 4.79 Å². The van der Waals surface area contributed by atoms with Crippen LogP contribution in [0.5, 0.6) is 0 Å². The van der Waals surface area contributed by atoms with Crippen molar-refractivity contribution in [3.05, 3.63) is 24.0 Å². The maximum Gasteiger partial charge on any atom is 0.227 e. The summed E-state index contributed by atoms with van der Waals surface area (Å²) in [7, 11) is 0. The van der Waals surface area contributed by atoms with Gasteiger partial charge in [-0.25, -0.2) is 4.98 Å². The molecule has 1 aromatic heterocycles. The second-order valence-corrected chi connectivity index (χ2v) is 5.53. The SMILES string of the molecule is Cc1nc2cc(NC(=O)C3CC3)ccc2n1C(C)CO. The Kier molecular flexibility index (Phi) is 3.22. The van der Waals surface area contributed by atoms with E-state index in [2.05, 4.69) is 10.3 Å². The van der Waals surface area contributed by atoms with Gasteiger partial charge in [0.2, 0.25) is 5.91 Å². The minimum atomic E-state index is -0.00750. The Hall–Kier alpha value is -1.88. The highest BCUT2D eigenvalue weighted by atomic mass is 16.3. The molecular weight excluding hydrogens is 254 g/mol. The molecule has 1 heterocycles. The zero-order valence-electron chi connectivity index (χ0n) is 11.8. The van der Waals surface area contributed by atoms with Gasteiger partial charge >= 0.3 is 0 Å². The Morgan fingerprint density at radius 2 is 2.30 bits per heavy atom. The Morgan fingerprint density at radius 1 is 1.55 bits per heavy atom. The Morgan fingerprint density at radius 3 is 2.95 bits per heavy atom. The summed E-state index contributed by atoms with van der Waals surface area (Å²) in [6.07, 6.45) is 1.99. The lowest BCUT2D eigenvalue weighted by atomic mass is 10.2. The molecule has 1 amide bonds. The van der Waals surface area contributed by atoms with Crippen LogP contribution in [-0.4, -0.2) is 27.2 Å². The fourth-order valence-corrected chi connectivity index (χ4v) is 2.52. The summed E-state index contributed by atoms with van der Waals surface area (Å²) >= 11 is 0. The van der Waals surface area contributed by atoms with Gasteiger partial charge in [0.1, 0.15) is 5.82 Å². The summed E-state index contributed by atoms with van der Waals surface area (Å²) in [5.41, 5.74) is 2.61. The van der Waals surface area contributed by atoms with Crippen molar-refractivity contribution in [2.24, 2.45) is 5.92 Å². The summed E-state index contributed by atoms with van der Waals surface area (Å²) < 4.78 is 2.02. The highest BCUT2D eigenvalue weighted by molar-refractivity contribution is 5.95. The molecule has 20 heavy (non-hydrogen) atoms. The van der Waals surface area contributed by atoms with Gasteiger partial charge in [0.25, 0.3) is 0 Å². The first-order valence-electron chi connectivity index (χ1n) is 7.00. The van der Waals surface area contributed by atoms with E-state index in [9.17, 15) is 9.90 Å². The summed E-state index contributed by atoms with van der Waals surface area (Å²) in [6.45, 7) is 3.96. The van der Waals surface area contributed by atoms with Gasteiger partial charge in [-0.1, -0.05) is 0 Å². The van der Waals surface area contributed by atoms with Crippen LogP contribution in [0.4, 0.5) is 5.69 Å². The molecule has 5 nitrogen and oxygen atoms in total. The largest absolute Gasteiger partial charge is 0.394 e. The maximum absolute atomic E-state index is 11.8. The minimum absolute atomic E-state index is 0.00750. The van der Waals surface area contributed by atoms with Crippen LogP contribution in [-0.2, 0) is 4.79 Å². The number of aryl methyl sites for hydroxylation is 1. The van der Waals surface area contributed by atoms with Crippen molar-refractivity contribution in [3.8, 4) is 0 Å². The highest BCUT2D eigenvalue weighted by Gasteiger charge is 2.29. The van der Waals surface area contributed by atoms with Crippen LogP contribution in [0.15, 0.2) is 18.2 Å². The standard InChI is InChI=1S/C15H19N3O2/c1-9(8-19)18-10(2)16-13-7-12(5-6-14(13)18)17-15(20)11-3-4-11/h5-7,9,11,19H,3-4,8H2,1-2H3,(H,17,20). The number of carbonyl (C=O) groups excluding carboxylic acids is 1. The molecule has 0 bridgehead atoms. The molecule has 0 aliphatic heterocycles. The number of hydrogen-bond acceptors (Lipinski definition) is 3. The zero-order valence-corrected chi connectivity index (χ0v) is 11.8. The number of aromatic nitrogens is 2. The fourth-order valence-electron chi connectivity index (χ4n) is 2.52. The average molecular weight is 273 g/mol. The molecule has 2 N–H and O–H groups in total. The van der Waals surface area contributed by atoms with E-state index in [0.29, 0.717) is 0 Å². The summed E-state index contributed by atoms with van der Waals surface area (Å²) in [5, 5.41) is 12.3. The third-order valence-corrected chi connectivity index (χ3v) is 3.79. The van der Waals surface area contributed by atoms with E-state index >= 15 is 0 Å². The summed E-state index contributed by atoms with van der Waals surface area (Å²) in [4.78, 5) is 16.3. The summed E-state index contributed by atoms with van der Waals surface area (Å²) in [5.74, 6) is 1.16. The monoisotopic (exact) mass is 273 g/mol. The van der Waals surface area contributed by atoms with E-state index in [-0.39, 0.29) is 24.5 Å². The smallest absolute Gasteiger partial charge is 0.227 e. The molecule has 0 spiro atoms. The molecular formula is C15H19N3O2. The topological polar surface area (TPSA) is 67.2 Å². The zero-order chi connectivity index (χ0) is 14.3. The van der Waals surface area contributed by atoms with E-state index in [0.717, 1.165) is 35.4 Å². The molecule has 5 heteroatoms. The lowest BCUT2D eigenvalue weighted by Gasteiger charge is -2.13. The van der Waals surface area contributed by atoms with Crippen LogP contribution in [0, 0.1) is 12.8 Å². The molecule has 1 saturated carbocycles. The van der Waals surface area contributed by atoms with Gasteiger partial charge in [-0.15, -0.1) is 0 Å². The number of amides is 1. The molecule has 0 saturated heterocycles. The van der Waals surface area contributed by atoms with Crippen molar-refractivity contribution in [1.29, 1.82) is 0 Å². The van der Waals surface area contributed by atoms with Crippen LogP contribution in [0.25, 0.3) is 11.0 Å². The second-order valence-electron chi connectivity index (χ2n) is 5.53. The van der Waals surface area contributed by atoms with E-state index < -0.39 is 0 Å². The Balaban J connectivity index is 1.93. The van der Waals surface area contributed by atoms with E-state index in [4.69, 9.17) is 0 Å². The molecule has 1 fully saturated rings. The number of fused-ring (bicyclic) bond motifs is 1.